The van der Waals surface area contributed by atoms with E-state index < -0.39 is 0 Å². The van der Waals surface area contributed by atoms with E-state index in [0.717, 1.165) is 15.9 Å². The summed E-state index contributed by atoms with van der Waals surface area (Å²) in [6.07, 6.45) is 1.98. The molecule has 0 saturated heterocycles. The van der Waals surface area contributed by atoms with Gasteiger partial charge in [-0.2, -0.15) is 0 Å². The highest BCUT2D eigenvalue weighted by molar-refractivity contribution is 7.98. The third-order valence-corrected chi connectivity index (χ3v) is 2.78. The highest BCUT2D eigenvalue weighted by Gasteiger charge is 2.08. The zero-order valence-electron chi connectivity index (χ0n) is 7.70. The van der Waals surface area contributed by atoms with Crippen molar-refractivity contribution in [2.24, 2.45) is 5.73 Å². The van der Waals surface area contributed by atoms with Crippen LogP contribution in [0.5, 0.6) is 0 Å². The van der Waals surface area contributed by atoms with Crippen LogP contribution in [0.2, 0.25) is 0 Å². The van der Waals surface area contributed by atoms with Gasteiger partial charge in [-0.15, -0.1) is 11.8 Å². The lowest BCUT2D eigenvalue weighted by Crippen LogP contribution is -2.10. The zero-order valence-corrected chi connectivity index (χ0v) is 8.52. The van der Waals surface area contributed by atoms with Crippen LogP contribution in [0.15, 0.2) is 29.3 Å². The van der Waals surface area contributed by atoms with Crippen molar-refractivity contribution < 1.29 is 4.79 Å². The van der Waals surface area contributed by atoms with E-state index in [4.69, 9.17) is 5.73 Å². The topological polar surface area (TPSA) is 58.9 Å². The molecular formula is C10H10N2OS. The number of nitrogens with two attached hydrogens (primary N) is 1. The molecule has 2 rings (SSSR count). The van der Waals surface area contributed by atoms with Gasteiger partial charge in [0.1, 0.15) is 0 Å². The van der Waals surface area contributed by atoms with Crippen molar-refractivity contribution in [3.8, 4) is 0 Å². The quantitative estimate of drug-likeness (QED) is 0.738. The van der Waals surface area contributed by atoms with Gasteiger partial charge in [-0.3, -0.25) is 4.79 Å². The Balaban J connectivity index is 2.73. The normalized spacial score (nSPS) is 10.6. The zero-order chi connectivity index (χ0) is 10.1. The molecule has 1 heterocycles. The summed E-state index contributed by atoms with van der Waals surface area (Å²) in [5.41, 5.74) is 6.79. The Labute approximate surface area is 85.7 Å². The molecule has 0 atom stereocenters. The first-order valence-electron chi connectivity index (χ1n) is 4.18. The Hall–Kier alpha value is -1.42. The van der Waals surface area contributed by atoms with Crippen LogP contribution in [-0.2, 0) is 0 Å². The van der Waals surface area contributed by atoms with Crippen LogP contribution in [0.1, 0.15) is 10.4 Å². The molecule has 3 nitrogen and oxygen atoms in total. The second kappa shape index (κ2) is 3.38. The van der Waals surface area contributed by atoms with E-state index in [2.05, 4.69) is 4.98 Å². The maximum absolute atomic E-state index is 11.1. The first-order chi connectivity index (χ1) is 6.72. The molecule has 3 N–H and O–H groups in total. The van der Waals surface area contributed by atoms with Crippen molar-refractivity contribution in [3.05, 3.63) is 29.8 Å². The SMILES string of the molecule is CSc1cc2c(C(N)=O)cccc2[nH]1. The summed E-state index contributed by atoms with van der Waals surface area (Å²) in [4.78, 5) is 14.3. The number of aromatic amines is 1. The fourth-order valence-corrected chi connectivity index (χ4v) is 1.90. The van der Waals surface area contributed by atoms with Gasteiger partial charge in [-0.05, 0) is 24.5 Å². The van der Waals surface area contributed by atoms with Crippen molar-refractivity contribution in [1.29, 1.82) is 0 Å². The fraction of sp³-hybridized carbons (Fsp3) is 0.100. The summed E-state index contributed by atoms with van der Waals surface area (Å²) in [6, 6.07) is 7.44. The van der Waals surface area contributed by atoms with Crippen LogP contribution in [0.3, 0.4) is 0 Å². The minimum Gasteiger partial charge on any atom is -0.366 e. The molecule has 1 aromatic heterocycles. The number of rotatable bonds is 2. The lowest BCUT2D eigenvalue weighted by Gasteiger charge is -1.95. The van der Waals surface area contributed by atoms with Crippen LogP contribution in [0.4, 0.5) is 0 Å². The van der Waals surface area contributed by atoms with Crippen molar-refractivity contribution in [3.63, 3.8) is 0 Å². The van der Waals surface area contributed by atoms with Crippen LogP contribution in [-0.4, -0.2) is 17.1 Å². The van der Waals surface area contributed by atoms with Crippen molar-refractivity contribution in [2.75, 3.05) is 6.26 Å². The molecule has 0 aliphatic heterocycles. The van der Waals surface area contributed by atoms with Crippen LogP contribution >= 0.6 is 11.8 Å². The molecule has 0 radical (unpaired) electrons. The van der Waals surface area contributed by atoms with Crippen LogP contribution in [0, 0.1) is 0 Å². The molecule has 0 fully saturated rings. The molecule has 0 aliphatic carbocycles. The molecule has 2 aromatic rings. The minimum absolute atomic E-state index is 0.387. The van der Waals surface area contributed by atoms with Gasteiger partial charge in [0.25, 0.3) is 0 Å². The van der Waals surface area contributed by atoms with Gasteiger partial charge in [0.2, 0.25) is 5.91 Å². The molecular weight excluding hydrogens is 196 g/mol. The Bertz CT molecular complexity index is 490. The molecule has 0 unspecified atom stereocenters. The molecule has 1 aromatic carbocycles. The Morgan fingerprint density at radius 2 is 2.29 bits per heavy atom. The summed E-state index contributed by atoms with van der Waals surface area (Å²) in [5, 5.41) is 1.93. The number of fused-ring (bicyclic) bond motifs is 1. The number of primary amides is 1. The molecule has 4 heteroatoms. The number of hydrogen-bond donors (Lipinski definition) is 2. The Morgan fingerprint density at radius 3 is 2.93 bits per heavy atom. The van der Waals surface area contributed by atoms with E-state index in [-0.39, 0.29) is 5.91 Å². The molecule has 72 valence electrons. The number of carbonyl (C=O) groups is 1. The Kier molecular flexibility index (Phi) is 2.21. The number of nitrogens with one attached hydrogen (secondary N) is 1. The smallest absolute Gasteiger partial charge is 0.249 e. The summed E-state index contributed by atoms with van der Waals surface area (Å²) in [7, 11) is 0. The summed E-state index contributed by atoms with van der Waals surface area (Å²) in [5.74, 6) is -0.387. The van der Waals surface area contributed by atoms with E-state index in [1.807, 2.05) is 24.5 Å². The van der Waals surface area contributed by atoms with E-state index in [9.17, 15) is 4.79 Å². The largest absolute Gasteiger partial charge is 0.366 e. The van der Waals surface area contributed by atoms with Gasteiger partial charge in [-0.25, -0.2) is 0 Å². The second-order valence-electron chi connectivity index (χ2n) is 2.97. The second-order valence-corrected chi connectivity index (χ2v) is 3.82. The third kappa shape index (κ3) is 1.37. The third-order valence-electron chi connectivity index (χ3n) is 2.12. The predicted molar refractivity (Wildman–Crippen MR) is 58.6 cm³/mol. The van der Waals surface area contributed by atoms with E-state index in [0.29, 0.717) is 5.56 Å². The monoisotopic (exact) mass is 206 g/mol. The summed E-state index contributed by atoms with van der Waals surface area (Å²) < 4.78 is 0. The maximum Gasteiger partial charge on any atom is 0.249 e. The average molecular weight is 206 g/mol. The number of H-pyrrole nitrogens is 1. The lowest BCUT2D eigenvalue weighted by atomic mass is 10.1. The van der Waals surface area contributed by atoms with E-state index in [1.165, 1.54) is 0 Å². The standard InChI is InChI=1S/C10H10N2OS/c1-14-9-5-7-6(10(11)13)3-2-4-8(7)12-9/h2-5,12H,1H3,(H2,11,13). The van der Waals surface area contributed by atoms with E-state index in [1.54, 1.807) is 17.8 Å². The average Bonchev–Trinajstić information content (AvgIpc) is 2.59. The lowest BCUT2D eigenvalue weighted by molar-refractivity contribution is 0.100. The molecule has 0 saturated carbocycles. The number of amides is 1. The molecule has 0 aliphatic rings. The first kappa shape index (κ1) is 9.15. The number of hydrogen-bond acceptors (Lipinski definition) is 2. The van der Waals surface area contributed by atoms with Gasteiger partial charge in [0.15, 0.2) is 0 Å². The highest BCUT2D eigenvalue weighted by atomic mass is 32.2. The predicted octanol–water partition coefficient (Wildman–Crippen LogP) is 1.99. The molecule has 1 amide bonds. The van der Waals surface area contributed by atoms with Gasteiger partial charge in [0, 0.05) is 16.5 Å². The van der Waals surface area contributed by atoms with Crippen LogP contribution < -0.4 is 5.73 Å². The van der Waals surface area contributed by atoms with Gasteiger partial charge < -0.3 is 10.7 Å². The van der Waals surface area contributed by atoms with Gasteiger partial charge >= 0.3 is 0 Å². The maximum atomic E-state index is 11.1. The summed E-state index contributed by atoms with van der Waals surface area (Å²) >= 11 is 1.61. The highest BCUT2D eigenvalue weighted by Crippen LogP contribution is 2.24. The molecule has 14 heavy (non-hydrogen) atoms. The number of aromatic nitrogens is 1. The van der Waals surface area contributed by atoms with Crippen molar-refractivity contribution in [2.45, 2.75) is 5.03 Å². The Morgan fingerprint density at radius 1 is 1.50 bits per heavy atom. The number of carbonyl (C=O) groups excluding carboxylic acids is 1. The molecule has 0 spiro atoms. The fourth-order valence-electron chi connectivity index (χ4n) is 1.45. The first-order valence-corrected chi connectivity index (χ1v) is 5.40. The van der Waals surface area contributed by atoms with Crippen molar-refractivity contribution >= 4 is 28.6 Å². The van der Waals surface area contributed by atoms with Crippen molar-refractivity contribution in [1.82, 2.24) is 4.98 Å². The molecule has 0 bridgehead atoms. The number of benzene rings is 1. The summed E-state index contributed by atoms with van der Waals surface area (Å²) in [6.45, 7) is 0. The number of thioether (sulfide) groups is 1. The van der Waals surface area contributed by atoms with Gasteiger partial charge in [0.05, 0.1) is 5.03 Å². The van der Waals surface area contributed by atoms with Crippen LogP contribution in [0.25, 0.3) is 10.9 Å². The van der Waals surface area contributed by atoms with Gasteiger partial charge in [-0.1, -0.05) is 6.07 Å². The van der Waals surface area contributed by atoms with E-state index >= 15 is 0 Å². The minimum atomic E-state index is -0.387.